The molecule has 0 saturated carbocycles. The average molecular weight is 519 g/mol. The van der Waals surface area contributed by atoms with Crippen LogP contribution in [0.5, 0.6) is 0 Å². The van der Waals surface area contributed by atoms with Gasteiger partial charge in [0.05, 0.1) is 15.6 Å². The van der Waals surface area contributed by atoms with E-state index in [0.29, 0.717) is 39.4 Å². The smallest absolute Gasteiger partial charge is 0.293 e. The Morgan fingerprint density at radius 3 is 2.68 bits per heavy atom. The fourth-order valence-corrected chi connectivity index (χ4v) is 4.76. The molecule has 0 atom stereocenters. The summed E-state index contributed by atoms with van der Waals surface area (Å²) in [5.74, 6) is 0.516. The van der Waals surface area contributed by atoms with Gasteiger partial charge in [-0.25, -0.2) is 4.98 Å². The van der Waals surface area contributed by atoms with E-state index in [4.69, 9.17) is 16.0 Å². The lowest BCUT2D eigenvalue weighted by atomic mass is 9.98. The zero-order valence-electron chi connectivity index (χ0n) is 20.7. The van der Waals surface area contributed by atoms with E-state index in [0.717, 1.165) is 43.4 Å². The summed E-state index contributed by atoms with van der Waals surface area (Å²) in [6.45, 7) is 5.77. The fourth-order valence-electron chi connectivity index (χ4n) is 4.59. The Morgan fingerprint density at radius 1 is 1.16 bits per heavy atom. The number of hydrogen-bond acceptors (Lipinski definition) is 6. The van der Waals surface area contributed by atoms with Gasteiger partial charge in [-0.2, -0.15) is 0 Å². The van der Waals surface area contributed by atoms with Gasteiger partial charge in [0.1, 0.15) is 11.2 Å². The van der Waals surface area contributed by atoms with Crippen LogP contribution in [0.25, 0.3) is 22.6 Å². The molecule has 0 aliphatic carbocycles. The molecule has 190 valence electrons. The number of aromatic nitrogens is 1. The molecule has 9 heteroatoms. The van der Waals surface area contributed by atoms with Crippen molar-refractivity contribution in [1.82, 2.24) is 4.98 Å². The first-order valence-corrected chi connectivity index (χ1v) is 12.7. The first-order chi connectivity index (χ1) is 17.8. The van der Waals surface area contributed by atoms with Crippen molar-refractivity contribution in [2.45, 2.75) is 33.1 Å². The molecule has 0 spiro atoms. The highest BCUT2D eigenvalue weighted by molar-refractivity contribution is 6.34. The Morgan fingerprint density at radius 2 is 1.95 bits per heavy atom. The third-order valence-electron chi connectivity index (χ3n) is 6.88. The predicted molar refractivity (Wildman–Crippen MR) is 145 cm³/mol. The molecule has 4 aromatic rings. The summed E-state index contributed by atoms with van der Waals surface area (Å²) in [7, 11) is 0. The van der Waals surface area contributed by atoms with Gasteiger partial charge in [-0.15, -0.1) is 0 Å². The number of oxazole rings is 1. The summed E-state index contributed by atoms with van der Waals surface area (Å²) in [5.41, 5.74) is 4.22. The lowest BCUT2D eigenvalue weighted by Crippen LogP contribution is -2.33. The van der Waals surface area contributed by atoms with Crippen molar-refractivity contribution in [3.63, 3.8) is 0 Å². The van der Waals surface area contributed by atoms with Gasteiger partial charge in [-0.1, -0.05) is 31.5 Å². The number of piperidine rings is 1. The van der Waals surface area contributed by atoms with Crippen molar-refractivity contribution in [1.29, 1.82) is 0 Å². The Balaban J connectivity index is 1.40. The molecule has 2 heterocycles. The summed E-state index contributed by atoms with van der Waals surface area (Å²) in [6, 6.07) is 15.6. The molecule has 1 aliphatic heterocycles. The lowest BCUT2D eigenvalue weighted by Gasteiger charge is -2.31. The van der Waals surface area contributed by atoms with Crippen molar-refractivity contribution in [2.75, 3.05) is 23.3 Å². The number of hydrogen-bond donors (Lipinski definition) is 1. The minimum Gasteiger partial charge on any atom is -0.436 e. The number of anilines is 2. The molecule has 1 N–H and O–H groups in total. The average Bonchev–Trinajstić information content (AvgIpc) is 3.33. The van der Waals surface area contributed by atoms with Crippen molar-refractivity contribution in [3.8, 4) is 11.5 Å². The van der Waals surface area contributed by atoms with E-state index in [1.165, 1.54) is 6.07 Å². The third-order valence-corrected chi connectivity index (χ3v) is 7.21. The van der Waals surface area contributed by atoms with Crippen LogP contribution in [0.2, 0.25) is 5.02 Å². The van der Waals surface area contributed by atoms with Crippen molar-refractivity contribution in [2.24, 2.45) is 5.92 Å². The number of halogens is 1. The highest BCUT2D eigenvalue weighted by Crippen LogP contribution is 2.34. The zero-order chi connectivity index (χ0) is 26.1. The molecule has 0 radical (unpaired) electrons. The van der Waals surface area contributed by atoms with Crippen LogP contribution in [0.3, 0.4) is 0 Å². The normalized spacial score (nSPS) is 14.2. The molecule has 1 aliphatic rings. The maximum atomic E-state index is 13.1. The summed E-state index contributed by atoms with van der Waals surface area (Å²) in [4.78, 5) is 31.1. The van der Waals surface area contributed by atoms with E-state index in [9.17, 15) is 14.9 Å². The number of nitro groups is 1. The van der Waals surface area contributed by atoms with Gasteiger partial charge in [0.15, 0.2) is 5.58 Å². The Labute approximate surface area is 219 Å². The molecule has 3 aromatic carbocycles. The van der Waals surface area contributed by atoms with Gasteiger partial charge in [0, 0.05) is 30.3 Å². The topological polar surface area (TPSA) is 102 Å². The molecule has 5 rings (SSSR count). The SMILES string of the molecule is CCc1ccc2oc(-c3ccc(Cl)c(NC(=O)c4ccc(N5CCC(C)CC5)c([N+](=O)[O-])c4)c3)nc2c1. The Kier molecular flexibility index (Phi) is 6.84. The van der Waals surface area contributed by atoms with E-state index in [2.05, 4.69) is 24.1 Å². The van der Waals surface area contributed by atoms with Gasteiger partial charge >= 0.3 is 0 Å². The first-order valence-electron chi connectivity index (χ1n) is 12.4. The molecule has 8 nitrogen and oxygen atoms in total. The maximum Gasteiger partial charge on any atom is 0.293 e. The van der Waals surface area contributed by atoms with Gasteiger partial charge in [-0.05, 0) is 73.2 Å². The highest BCUT2D eigenvalue weighted by Gasteiger charge is 2.25. The molecule has 1 saturated heterocycles. The number of carbonyl (C=O) groups excluding carboxylic acids is 1. The zero-order valence-corrected chi connectivity index (χ0v) is 21.4. The fraction of sp³-hybridized carbons (Fsp3) is 0.286. The minimum atomic E-state index is -0.494. The molecule has 1 fully saturated rings. The molecular weight excluding hydrogens is 492 g/mol. The minimum absolute atomic E-state index is 0.0834. The summed E-state index contributed by atoms with van der Waals surface area (Å²) >= 11 is 6.37. The van der Waals surface area contributed by atoms with Crippen LogP contribution in [0, 0.1) is 16.0 Å². The molecule has 37 heavy (non-hydrogen) atoms. The van der Waals surface area contributed by atoms with Crippen LogP contribution in [-0.2, 0) is 6.42 Å². The van der Waals surface area contributed by atoms with Crippen molar-refractivity contribution >= 4 is 45.7 Å². The number of nitro benzene ring substituents is 1. The number of carbonyl (C=O) groups is 1. The number of aryl methyl sites for hydroxylation is 1. The van der Waals surface area contributed by atoms with Gasteiger partial charge < -0.3 is 14.6 Å². The second-order valence-electron chi connectivity index (χ2n) is 9.45. The predicted octanol–water partition coefficient (Wildman–Crippen LogP) is 7.11. The van der Waals surface area contributed by atoms with Crippen LogP contribution in [0.4, 0.5) is 17.1 Å². The van der Waals surface area contributed by atoms with Crippen LogP contribution in [-0.4, -0.2) is 28.9 Å². The number of benzene rings is 3. The number of fused-ring (bicyclic) bond motifs is 1. The largest absolute Gasteiger partial charge is 0.436 e. The van der Waals surface area contributed by atoms with Crippen molar-refractivity contribution in [3.05, 3.63) is 80.9 Å². The number of amides is 1. The van der Waals surface area contributed by atoms with Gasteiger partial charge in [0.25, 0.3) is 11.6 Å². The first kappa shape index (κ1) is 24.8. The molecule has 1 aromatic heterocycles. The second kappa shape index (κ2) is 10.2. The monoisotopic (exact) mass is 518 g/mol. The summed E-state index contributed by atoms with van der Waals surface area (Å²) in [6.07, 6.45) is 2.85. The van der Waals surface area contributed by atoms with E-state index < -0.39 is 10.8 Å². The quantitative estimate of drug-likeness (QED) is 0.215. The Hall–Kier alpha value is -3.91. The molecular formula is C28H27ClN4O4. The molecule has 0 unspecified atom stereocenters. The lowest BCUT2D eigenvalue weighted by molar-refractivity contribution is -0.384. The summed E-state index contributed by atoms with van der Waals surface area (Å²) in [5, 5.41) is 15.0. The highest BCUT2D eigenvalue weighted by atomic mass is 35.5. The maximum absolute atomic E-state index is 13.1. The number of rotatable bonds is 6. The second-order valence-corrected chi connectivity index (χ2v) is 9.86. The van der Waals surface area contributed by atoms with E-state index in [1.54, 1.807) is 30.3 Å². The van der Waals surface area contributed by atoms with Gasteiger partial charge in [-0.3, -0.25) is 14.9 Å². The Bertz CT molecular complexity index is 1490. The third kappa shape index (κ3) is 5.15. The van der Waals surface area contributed by atoms with E-state index in [1.807, 2.05) is 23.1 Å². The number of nitrogens with one attached hydrogen (secondary N) is 1. The molecule has 0 bridgehead atoms. The van der Waals surface area contributed by atoms with Crippen LogP contribution >= 0.6 is 11.6 Å². The van der Waals surface area contributed by atoms with Crippen LogP contribution < -0.4 is 10.2 Å². The standard InChI is InChI=1S/C28H27ClN4O4/c1-3-18-4-9-26-23(14-18)31-28(37-26)20-5-7-21(29)22(15-20)30-27(34)19-6-8-24(25(16-19)33(35)36)32-12-10-17(2)11-13-32/h4-9,14-17H,3,10-13H2,1-2H3,(H,30,34). The van der Waals surface area contributed by atoms with E-state index in [-0.39, 0.29) is 11.3 Å². The van der Waals surface area contributed by atoms with E-state index >= 15 is 0 Å². The molecule has 1 amide bonds. The number of nitrogens with zero attached hydrogens (tertiary/aromatic N) is 3. The van der Waals surface area contributed by atoms with Crippen LogP contribution in [0.1, 0.15) is 42.6 Å². The summed E-state index contributed by atoms with van der Waals surface area (Å²) < 4.78 is 5.91. The van der Waals surface area contributed by atoms with Crippen LogP contribution in [0.15, 0.2) is 59.0 Å². The van der Waals surface area contributed by atoms with Gasteiger partial charge in [0.2, 0.25) is 5.89 Å². The van der Waals surface area contributed by atoms with Crippen molar-refractivity contribution < 1.29 is 14.1 Å².